The average Bonchev–Trinajstić information content (AvgIpc) is 3.22. The van der Waals surface area contributed by atoms with Crippen molar-refractivity contribution in [2.45, 2.75) is 30.7 Å². The van der Waals surface area contributed by atoms with E-state index in [4.69, 9.17) is 5.11 Å². The molecule has 4 nitrogen and oxygen atoms in total. The normalized spacial score (nSPS) is 25.9. The first-order valence-electron chi connectivity index (χ1n) is 6.43. The Bertz CT molecular complexity index is 598. The highest BCUT2D eigenvalue weighted by atomic mass is 19.1. The van der Waals surface area contributed by atoms with Gasteiger partial charge >= 0.3 is 5.97 Å². The number of carbonyl (C=O) groups excluding carboxylic acids is 1. The Morgan fingerprint density at radius 2 is 2.00 bits per heavy atom. The first-order valence-corrected chi connectivity index (χ1v) is 6.43. The van der Waals surface area contributed by atoms with Crippen LogP contribution in [0.3, 0.4) is 0 Å². The van der Waals surface area contributed by atoms with Gasteiger partial charge in [-0.05, 0) is 36.8 Å². The Morgan fingerprint density at radius 3 is 2.55 bits per heavy atom. The van der Waals surface area contributed by atoms with Crippen LogP contribution in [0.5, 0.6) is 0 Å². The summed E-state index contributed by atoms with van der Waals surface area (Å²) in [6, 6.07) is 3.29. The molecule has 2 unspecified atom stereocenters. The number of hydrogen-bond donors (Lipinski definition) is 2. The van der Waals surface area contributed by atoms with Crippen LogP contribution in [-0.2, 0) is 9.59 Å². The summed E-state index contributed by atoms with van der Waals surface area (Å²) in [6.45, 7) is 0. The molecule has 0 saturated heterocycles. The molecule has 2 aliphatic carbocycles. The molecule has 1 aromatic rings. The number of rotatable bonds is 4. The number of amides is 1. The van der Waals surface area contributed by atoms with E-state index < -0.39 is 29.1 Å². The van der Waals surface area contributed by atoms with Gasteiger partial charge in [0, 0.05) is 12.0 Å². The van der Waals surface area contributed by atoms with Gasteiger partial charge in [0.05, 0.1) is 0 Å². The van der Waals surface area contributed by atoms with Crippen LogP contribution in [0, 0.1) is 17.6 Å². The summed E-state index contributed by atoms with van der Waals surface area (Å²) in [4.78, 5) is 22.9. The third-order valence-corrected chi connectivity index (χ3v) is 4.01. The molecule has 6 heteroatoms. The fraction of sp³-hybridized carbons (Fsp3) is 0.429. The van der Waals surface area contributed by atoms with Crippen molar-refractivity contribution in [3.63, 3.8) is 0 Å². The summed E-state index contributed by atoms with van der Waals surface area (Å²) in [5.74, 6) is -3.43. The van der Waals surface area contributed by atoms with E-state index in [1.165, 1.54) is 6.07 Å². The van der Waals surface area contributed by atoms with E-state index >= 15 is 0 Å². The molecule has 3 rings (SSSR count). The van der Waals surface area contributed by atoms with Gasteiger partial charge in [0.2, 0.25) is 5.91 Å². The van der Waals surface area contributed by atoms with Gasteiger partial charge in [-0.1, -0.05) is 6.07 Å². The van der Waals surface area contributed by atoms with Crippen molar-refractivity contribution in [3.05, 3.63) is 35.4 Å². The fourth-order valence-corrected chi connectivity index (χ4v) is 2.48. The van der Waals surface area contributed by atoms with Crippen LogP contribution in [0.15, 0.2) is 18.2 Å². The highest BCUT2D eigenvalue weighted by Gasteiger charge is 2.55. The summed E-state index contributed by atoms with van der Waals surface area (Å²) < 4.78 is 26.4. The lowest BCUT2D eigenvalue weighted by molar-refractivity contribution is -0.143. The van der Waals surface area contributed by atoms with Gasteiger partial charge in [0.15, 0.2) is 0 Å². The maximum Gasteiger partial charge on any atom is 0.329 e. The predicted molar refractivity (Wildman–Crippen MR) is 64.9 cm³/mol. The lowest BCUT2D eigenvalue weighted by atomic mass is 10.1. The molecule has 1 amide bonds. The van der Waals surface area contributed by atoms with E-state index in [0.717, 1.165) is 12.1 Å². The molecule has 20 heavy (non-hydrogen) atoms. The van der Waals surface area contributed by atoms with Crippen molar-refractivity contribution >= 4 is 11.9 Å². The van der Waals surface area contributed by atoms with Crippen molar-refractivity contribution in [3.8, 4) is 0 Å². The largest absolute Gasteiger partial charge is 0.480 e. The van der Waals surface area contributed by atoms with Gasteiger partial charge in [-0.25, -0.2) is 13.6 Å². The number of halogens is 2. The topological polar surface area (TPSA) is 66.4 Å². The zero-order chi connectivity index (χ0) is 14.5. The SMILES string of the molecule is O=C(NC1(C(=O)O)CC1)C1CC1c1ccc(F)cc1F. The fourth-order valence-electron chi connectivity index (χ4n) is 2.48. The second-order valence-corrected chi connectivity index (χ2v) is 5.49. The smallest absolute Gasteiger partial charge is 0.329 e. The van der Waals surface area contributed by atoms with Crippen LogP contribution in [0.1, 0.15) is 30.7 Å². The summed E-state index contributed by atoms with van der Waals surface area (Å²) >= 11 is 0. The van der Waals surface area contributed by atoms with E-state index in [2.05, 4.69) is 5.32 Å². The van der Waals surface area contributed by atoms with E-state index in [1.807, 2.05) is 0 Å². The molecule has 2 N–H and O–H groups in total. The van der Waals surface area contributed by atoms with Crippen molar-refractivity contribution in [2.24, 2.45) is 5.92 Å². The number of carboxylic acids is 1. The van der Waals surface area contributed by atoms with Crippen LogP contribution in [-0.4, -0.2) is 22.5 Å². The number of carboxylic acid groups (broad SMARTS) is 1. The van der Waals surface area contributed by atoms with Gasteiger partial charge in [-0.15, -0.1) is 0 Å². The molecule has 0 bridgehead atoms. The second-order valence-electron chi connectivity index (χ2n) is 5.49. The third-order valence-electron chi connectivity index (χ3n) is 4.01. The standard InChI is InChI=1S/C14H13F2NO3/c15-7-1-2-8(11(16)5-7)9-6-10(9)12(18)17-14(3-4-14)13(19)20/h1-2,5,9-10H,3-4,6H2,(H,17,18)(H,19,20). The minimum atomic E-state index is -1.12. The minimum absolute atomic E-state index is 0.291. The third kappa shape index (κ3) is 2.15. The van der Waals surface area contributed by atoms with Crippen molar-refractivity contribution in [2.75, 3.05) is 0 Å². The monoisotopic (exact) mass is 281 g/mol. The molecule has 2 aliphatic rings. The molecule has 0 radical (unpaired) electrons. The highest BCUT2D eigenvalue weighted by molar-refractivity contribution is 5.92. The number of nitrogens with one attached hydrogen (secondary N) is 1. The molecule has 2 saturated carbocycles. The van der Waals surface area contributed by atoms with Crippen LogP contribution in [0.4, 0.5) is 8.78 Å². The molecule has 0 heterocycles. The van der Waals surface area contributed by atoms with Crippen molar-refractivity contribution in [1.82, 2.24) is 5.32 Å². The van der Waals surface area contributed by atoms with Gasteiger partial charge in [-0.3, -0.25) is 4.79 Å². The average molecular weight is 281 g/mol. The number of carbonyl (C=O) groups is 2. The second kappa shape index (κ2) is 4.26. The van der Waals surface area contributed by atoms with Crippen LogP contribution in [0.2, 0.25) is 0 Å². The van der Waals surface area contributed by atoms with Crippen LogP contribution in [0.25, 0.3) is 0 Å². The van der Waals surface area contributed by atoms with Crippen LogP contribution >= 0.6 is 0 Å². The van der Waals surface area contributed by atoms with Crippen LogP contribution < -0.4 is 5.32 Å². The van der Waals surface area contributed by atoms with E-state index in [0.29, 0.717) is 24.8 Å². The first-order chi connectivity index (χ1) is 9.43. The first kappa shape index (κ1) is 13.0. The predicted octanol–water partition coefficient (Wildman–Crippen LogP) is 1.80. The van der Waals surface area contributed by atoms with Crippen molar-refractivity contribution in [1.29, 1.82) is 0 Å². The number of hydrogen-bond acceptors (Lipinski definition) is 2. The maximum atomic E-state index is 13.6. The van der Waals surface area contributed by atoms with E-state index in [-0.39, 0.29) is 11.8 Å². The van der Waals surface area contributed by atoms with Gasteiger partial charge in [-0.2, -0.15) is 0 Å². The lowest BCUT2D eigenvalue weighted by Crippen LogP contribution is -2.43. The summed E-state index contributed by atoms with van der Waals surface area (Å²) in [5, 5.41) is 11.5. The number of aliphatic carboxylic acids is 1. The van der Waals surface area contributed by atoms with E-state index in [1.54, 1.807) is 0 Å². The molecule has 2 atom stereocenters. The Hall–Kier alpha value is -1.98. The Balaban J connectivity index is 1.67. The summed E-state index contributed by atoms with van der Waals surface area (Å²) in [6.07, 6.45) is 1.32. The van der Waals surface area contributed by atoms with Gasteiger partial charge in [0.1, 0.15) is 17.2 Å². The Morgan fingerprint density at radius 1 is 1.30 bits per heavy atom. The highest BCUT2D eigenvalue weighted by Crippen LogP contribution is 2.49. The quantitative estimate of drug-likeness (QED) is 0.884. The summed E-state index contributed by atoms with van der Waals surface area (Å²) in [7, 11) is 0. The molecular weight excluding hydrogens is 268 g/mol. The Kier molecular flexibility index (Phi) is 2.77. The molecule has 0 spiro atoms. The van der Waals surface area contributed by atoms with E-state index in [9.17, 15) is 18.4 Å². The number of benzene rings is 1. The maximum absolute atomic E-state index is 13.6. The zero-order valence-electron chi connectivity index (χ0n) is 10.5. The molecule has 1 aromatic carbocycles. The molecule has 2 fully saturated rings. The lowest BCUT2D eigenvalue weighted by Gasteiger charge is -2.12. The van der Waals surface area contributed by atoms with Gasteiger partial charge < -0.3 is 10.4 Å². The van der Waals surface area contributed by atoms with Crippen molar-refractivity contribution < 1.29 is 23.5 Å². The van der Waals surface area contributed by atoms with Gasteiger partial charge in [0.25, 0.3) is 0 Å². The summed E-state index contributed by atoms with van der Waals surface area (Å²) in [5.41, 5.74) is -0.808. The molecule has 0 aliphatic heterocycles. The zero-order valence-corrected chi connectivity index (χ0v) is 10.5. The minimum Gasteiger partial charge on any atom is -0.480 e. The molecule has 0 aromatic heterocycles. The molecule has 106 valence electrons. The molecular formula is C14H13F2NO3. The Labute approximate surface area is 113 Å².